The van der Waals surface area contributed by atoms with Crippen LogP contribution in [0.1, 0.15) is 21.9 Å². The normalized spacial score (nSPS) is 11.2. The second kappa shape index (κ2) is 7.83. The summed E-state index contributed by atoms with van der Waals surface area (Å²) < 4.78 is 4.02. The predicted octanol–water partition coefficient (Wildman–Crippen LogP) is 3.70. The van der Waals surface area contributed by atoms with Crippen LogP contribution in [0.25, 0.3) is 16.6 Å². The molecule has 0 unspecified atom stereocenters. The average Bonchev–Trinajstić information content (AvgIpc) is 3.36. The maximum atomic E-state index is 13.0. The van der Waals surface area contributed by atoms with E-state index in [9.17, 15) is 4.79 Å². The molecule has 3 heterocycles. The lowest BCUT2D eigenvalue weighted by atomic mass is 10.2. The highest BCUT2D eigenvalue weighted by atomic mass is 16.1. The Morgan fingerprint density at radius 2 is 1.70 bits per heavy atom. The number of para-hydroxylation sites is 1. The molecular weight excluding hydrogens is 374 g/mol. The van der Waals surface area contributed by atoms with E-state index in [-0.39, 0.29) is 5.91 Å². The third-order valence-corrected chi connectivity index (χ3v) is 5.25. The molecule has 0 atom stereocenters. The summed E-state index contributed by atoms with van der Waals surface area (Å²) in [5, 5.41) is 12.5. The topological polar surface area (TPSA) is 64.2 Å². The first-order valence-corrected chi connectivity index (χ1v) is 9.98. The van der Waals surface area contributed by atoms with E-state index in [0.29, 0.717) is 25.2 Å². The van der Waals surface area contributed by atoms with E-state index in [1.807, 2.05) is 71.3 Å². The van der Waals surface area contributed by atoms with Crippen LogP contribution in [0.4, 0.5) is 0 Å². The number of fused-ring (bicyclic) bond motifs is 2. The van der Waals surface area contributed by atoms with Gasteiger partial charge in [0.25, 0.3) is 5.91 Å². The molecule has 6 nitrogen and oxygen atoms in total. The first-order chi connectivity index (χ1) is 14.8. The van der Waals surface area contributed by atoms with Crippen LogP contribution in [0, 0.1) is 0 Å². The first kappa shape index (κ1) is 18.1. The van der Waals surface area contributed by atoms with Crippen molar-refractivity contribution in [3.63, 3.8) is 0 Å². The zero-order valence-electron chi connectivity index (χ0n) is 16.4. The van der Waals surface area contributed by atoms with Crippen LogP contribution in [-0.2, 0) is 13.0 Å². The van der Waals surface area contributed by atoms with Gasteiger partial charge in [0, 0.05) is 36.6 Å². The Morgan fingerprint density at radius 1 is 0.900 bits per heavy atom. The van der Waals surface area contributed by atoms with Crippen molar-refractivity contribution in [1.82, 2.24) is 24.5 Å². The SMILES string of the molecule is O=C(NCCc1nnc2ccccn12)c1cc2ccccc2n1Cc1ccccc1. The van der Waals surface area contributed by atoms with Crippen LogP contribution in [-0.4, -0.2) is 31.6 Å². The van der Waals surface area contributed by atoms with Crippen molar-refractivity contribution in [2.75, 3.05) is 6.54 Å². The van der Waals surface area contributed by atoms with Gasteiger partial charge in [-0.1, -0.05) is 54.6 Å². The number of carbonyl (C=O) groups is 1. The number of amides is 1. The Hall–Kier alpha value is -3.93. The highest BCUT2D eigenvalue weighted by molar-refractivity contribution is 5.98. The molecule has 0 bridgehead atoms. The highest BCUT2D eigenvalue weighted by Gasteiger charge is 2.16. The fraction of sp³-hybridized carbons (Fsp3) is 0.125. The smallest absolute Gasteiger partial charge is 0.267 e. The molecule has 30 heavy (non-hydrogen) atoms. The summed E-state index contributed by atoms with van der Waals surface area (Å²) in [5.41, 5.74) is 3.67. The van der Waals surface area contributed by atoms with Crippen molar-refractivity contribution < 1.29 is 4.79 Å². The second-order valence-electron chi connectivity index (χ2n) is 7.21. The number of benzene rings is 2. The first-order valence-electron chi connectivity index (χ1n) is 9.98. The van der Waals surface area contributed by atoms with E-state index in [1.165, 1.54) is 0 Å². The van der Waals surface area contributed by atoms with Crippen molar-refractivity contribution >= 4 is 22.5 Å². The van der Waals surface area contributed by atoms with Gasteiger partial charge in [-0.25, -0.2) is 0 Å². The Morgan fingerprint density at radius 3 is 2.60 bits per heavy atom. The standard InChI is InChI=1S/C24H21N5O/c30-24(25-14-13-23-27-26-22-12-6-7-15-28(22)23)21-16-19-10-4-5-11-20(19)29(21)17-18-8-2-1-3-9-18/h1-12,15-16H,13-14,17H2,(H,25,30). The van der Waals surface area contributed by atoms with Gasteiger partial charge in [0.1, 0.15) is 11.5 Å². The minimum atomic E-state index is -0.0871. The van der Waals surface area contributed by atoms with Crippen LogP contribution in [0.3, 0.4) is 0 Å². The van der Waals surface area contributed by atoms with Crippen molar-refractivity contribution in [3.05, 3.63) is 102 Å². The number of hydrogen-bond acceptors (Lipinski definition) is 3. The fourth-order valence-electron chi connectivity index (χ4n) is 3.77. The summed E-state index contributed by atoms with van der Waals surface area (Å²) in [6, 6.07) is 26.0. The lowest BCUT2D eigenvalue weighted by Crippen LogP contribution is -2.28. The minimum Gasteiger partial charge on any atom is -0.350 e. The van der Waals surface area contributed by atoms with Gasteiger partial charge in [0.05, 0.1) is 0 Å². The molecule has 5 aromatic rings. The maximum Gasteiger partial charge on any atom is 0.267 e. The summed E-state index contributed by atoms with van der Waals surface area (Å²) in [4.78, 5) is 13.0. The fourth-order valence-corrected chi connectivity index (χ4v) is 3.77. The number of carbonyl (C=O) groups excluding carboxylic acids is 1. The third-order valence-electron chi connectivity index (χ3n) is 5.25. The Bertz CT molecular complexity index is 1320. The number of nitrogens with zero attached hydrogens (tertiary/aromatic N) is 4. The largest absolute Gasteiger partial charge is 0.350 e. The number of nitrogens with one attached hydrogen (secondary N) is 1. The molecule has 3 aromatic heterocycles. The van der Waals surface area contributed by atoms with Crippen LogP contribution in [0.5, 0.6) is 0 Å². The van der Waals surface area contributed by atoms with Crippen molar-refractivity contribution in [1.29, 1.82) is 0 Å². The van der Waals surface area contributed by atoms with Gasteiger partial charge >= 0.3 is 0 Å². The summed E-state index contributed by atoms with van der Waals surface area (Å²) >= 11 is 0. The molecule has 0 saturated carbocycles. The van der Waals surface area contributed by atoms with E-state index in [4.69, 9.17) is 0 Å². The minimum absolute atomic E-state index is 0.0871. The number of hydrogen-bond donors (Lipinski definition) is 1. The van der Waals surface area contributed by atoms with Gasteiger partial charge in [-0.2, -0.15) is 0 Å². The summed E-state index contributed by atoms with van der Waals surface area (Å²) in [5.74, 6) is 0.742. The van der Waals surface area contributed by atoms with Crippen LogP contribution < -0.4 is 5.32 Å². The van der Waals surface area contributed by atoms with Gasteiger partial charge < -0.3 is 9.88 Å². The highest BCUT2D eigenvalue weighted by Crippen LogP contribution is 2.21. The quantitative estimate of drug-likeness (QED) is 0.477. The summed E-state index contributed by atoms with van der Waals surface area (Å²) in [6.07, 6.45) is 2.54. The monoisotopic (exact) mass is 395 g/mol. The van der Waals surface area contributed by atoms with Gasteiger partial charge in [-0.05, 0) is 29.8 Å². The lowest BCUT2D eigenvalue weighted by Gasteiger charge is -2.11. The molecule has 148 valence electrons. The van der Waals surface area contributed by atoms with Gasteiger partial charge in [0.2, 0.25) is 0 Å². The molecule has 0 radical (unpaired) electrons. The number of pyridine rings is 1. The van der Waals surface area contributed by atoms with E-state index < -0.39 is 0 Å². The number of rotatable bonds is 6. The molecule has 1 amide bonds. The molecule has 0 aliphatic heterocycles. The molecule has 0 aliphatic carbocycles. The second-order valence-corrected chi connectivity index (χ2v) is 7.21. The van der Waals surface area contributed by atoms with E-state index in [1.54, 1.807) is 0 Å². The summed E-state index contributed by atoms with van der Waals surface area (Å²) in [7, 11) is 0. The molecule has 6 heteroatoms. The Balaban J connectivity index is 1.37. The zero-order valence-corrected chi connectivity index (χ0v) is 16.4. The molecule has 0 fully saturated rings. The van der Waals surface area contributed by atoms with Gasteiger partial charge in [-0.3, -0.25) is 9.20 Å². The van der Waals surface area contributed by atoms with Gasteiger partial charge in [-0.15, -0.1) is 10.2 Å². The molecule has 0 saturated heterocycles. The molecule has 5 rings (SSSR count). The average molecular weight is 395 g/mol. The molecular formula is C24H21N5O. The third kappa shape index (κ3) is 3.43. The van der Waals surface area contributed by atoms with E-state index in [0.717, 1.165) is 27.9 Å². The van der Waals surface area contributed by atoms with Crippen LogP contribution in [0.15, 0.2) is 85.1 Å². The Labute approximate surface area is 173 Å². The van der Waals surface area contributed by atoms with Crippen LogP contribution >= 0.6 is 0 Å². The van der Waals surface area contributed by atoms with Crippen molar-refractivity contribution in [2.45, 2.75) is 13.0 Å². The molecule has 2 aromatic carbocycles. The van der Waals surface area contributed by atoms with Gasteiger partial charge in [0.15, 0.2) is 5.65 Å². The lowest BCUT2D eigenvalue weighted by molar-refractivity contribution is 0.0945. The zero-order chi connectivity index (χ0) is 20.3. The van der Waals surface area contributed by atoms with E-state index >= 15 is 0 Å². The number of aromatic nitrogens is 4. The molecule has 0 spiro atoms. The summed E-state index contributed by atoms with van der Waals surface area (Å²) in [6.45, 7) is 1.13. The Kier molecular flexibility index (Phi) is 4.73. The maximum absolute atomic E-state index is 13.0. The predicted molar refractivity (Wildman–Crippen MR) is 117 cm³/mol. The molecule has 0 aliphatic rings. The molecule has 1 N–H and O–H groups in total. The van der Waals surface area contributed by atoms with Crippen molar-refractivity contribution in [2.24, 2.45) is 0 Å². The van der Waals surface area contributed by atoms with Crippen LogP contribution in [0.2, 0.25) is 0 Å². The van der Waals surface area contributed by atoms with Crippen molar-refractivity contribution in [3.8, 4) is 0 Å². The van der Waals surface area contributed by atoms with E-state index in [2.05, 4.69) is 38.3 Å².